The van der Waals surface area contributed by atoms with Crippen molar-refractivity contribution in [2.45, 2.75) is 45.4 Å². The third-order valence-electron chi connectivity index (χ3n) is 5.88. The minimum absolute atomic E-state index is 0.234. The lowest BCUT2D eigenvalue weighted by molar-refractivity contribution is -0.132. The lowest BCUT2D eigenvalue weighted by atomic mass is 9.51. The van der Waals surface area contributed by atoms with E-state index in [2.05, 4.69) is 22.4 Å². The number of hydrogen-bond donors (Lipinski definition) is 2. The van der Waals surface area contributed by atoms with Crippen LogP contribution in [0.3, 0.4) is 0 Å². The number of hydrogen-bond acceptors (Lipinski definition) is 2. The van der Waals surface area contributed by atoms with E-state index in [1.54, 1.807) is 0 Å². The third-order valence-corrected chi connectivity index (χ3v) is 5.88. The summed E-state index contributed by atoms with van der Waals surface area (Å²) in [5.74, 6) is 4.40. The summed E-state index contributed by atoms with van der Waals surface area (Å²) in [6.45, 7) is 2.09. The second-order valence-corrected chi connectivity index (χ2v) is 7.07. The molecule has 4 nitrogen and oxygen atoms in total. The van der Waals surface area contributed by atoms with Gasteiger partial charge in [0.05, 0.1) is 6.20 Å². The summed E-state index contributed by atoms with van der Waals surface area (Å²) < 4.78 is 0. The van der Waals surface area contributed by atoms with E-state index in [1.165, 1.54) is 32.1 Å². The monoisotopic (exact) mass is 273 g/mol. The summed E-state index contributed by atoms with van der Waals surface area (Å²) in [6, 6.07) is 0. The van der Waals surface area contributed by atoms with Crippen molar-refractivity contribution >= 4 is 11.7 Å². The average molecular weight is 273 g/mol. The van der Waals surface area contributed by atoms with Crippen LogP contribution in [0.25, 0.3) is 0 Å². The molecule has 0 aliphatic heterocycles. The molecule has 1 aromatic heterocycles. The van der Waals surface area contributed by atoms with Crippen molar-refractivity contribution in [1.82, 2.24) is 10.2 Å². The van der Waals surface area contributed by atoms with E-state index in [0.29, 0.717) is 11.8 Å². The van der Waals surface area contributed by atoms with Crippen molar-refractivity contribution < 1.29 is 4.79 Å². The quantitative estimate of drug-likeness (QED) is 0.889. The molecule has 4 heteroatoms. The van der Waals surface area contributed by atoms with Gasteiger partial charge in [0, 0.05) is 11.5 Å². The maximum atomic E-state index is 12.7. The van der Waals surface area contributed by atoms with Gasteiger partial charge in [-0.3, -0.25) is 9.89 Å². The molecule has 4 bridgehead atoms. The fraction of sp³-hybridized carbons (Fsp3) is 0.750. The minimum atomic E-state index is 0.234. The highest BCUT2D eigenvalue weighted by Gasteiger charge is 2.50. The van der Waals surface area contributed by atoms with Crippen molar-refractivity contribution in [2.75, 3.05) is 5.32 Å². The maximum Gasteiger partial charge on any atom is 0.229 e. The van der Waals surface area contributed by atoms with Gasteiger partial charge < -0.3 is 5.32 Å². The van der Waals surface area contributed by atoms with E-state index in [9.17, 15) is 4.79 Å². The molecule has 4 fully saturated rings. The van der Waals surface area contributed by atoms with Crippen molar-refractivity contribution in [3.63, 3.8) is 0 Å². The Bertz CT molecular complexity index is 494. The molecule has 4 aliphatic rings. The number of aromatic amines is 1. The molecule has 0 radical (unpaired) electrons. The standard InChI is InChI=1S/C16H23N3O/c1-2-11-8-17-19-15(11)18-16(20)14-12-4-9-3-10(6-12)7-13(14)5-9/h8-10,12-14H,2-7H2,1H3,(H2,17,18,19,20). The fourth-order valence-electron chi connectivity index (χ4n) is 5.25. The normalized spacial score (nSPS) is 38.1. The first-order valence-corrected chi connectivity index (χ1v) is 8.07. The lowest BCUT2D eigenvalue weighted by Gasteiger charge is -2.53. The number of aryl methyl sites for hydroxylation is 1. The number of amides is 1. The molecule has 108 valence electrons. The van der Waals surface area contributed by atoms with Crippen LogP contribution in [0.1, 0.15) is 44.6 Å². The van der Waals surface area contributed by atoms with Crippen molar-refractivity contribution in [1.29, 1.82) is 0 Å². The molecular weight excluding hydrogens is 250 g/mol. The van der Waals surface area contributed by atoms with Crippen LogP contribution in [0.5, 0.6) is 0 Å². The van der Waals surface area contributed by atoms with Gasteiger partial charge in [0.1, 0.15) is 5.82 Å². The first-order chi connectivity index (χ1) is 9.74. The zero-order chi connectivity index (χ0) is 13.7. The maximum absolute atomic E-state index is 12.7. The van der Waals surface area contributed by atoms with Gasteiger partial charge in [-0.15, -0.1) is 0 Å². The number of nitrogens with zero attached hydrogens (tertiary/aromatic N) is 1. The van der Waals surface area contributed by atoms with Gasteiger partial charge in [0.2, 0.25) is 5.91 Å². The predicted octanol–water partition coefficient (Wildman–Crippen LogP) is 2.98. The van der Waals surface area contributed by atoms with E-state index < -0.39 is 0 Å². The van der Waals surface area contributed by atoms with Crippen molar-refractivity contribution in [2.24, 2.45) is 29.6 Å². The lowest BCUT2D eigenvalue weighted by Crippen LogP contribution is -2.49. The van der Waals surface area contributed by atoms with Gasteiger partial charge in [0.25, 0.3) is 0 Å². The molecule has 1 aromatic rings. The van der Waals surface area contributed by atoms with Crippen LogP contribution in [0.15, 0.2) is 6.20 Å². The van der Waals surface area contributed by atoms with E-state index >= 15 is 0 Å². The molecular formula is C16H23N3O. The third kappa shape index (κ3) is 1.88. The van der Waals surface area contributed by atoms with Gasteiger partial charge in [-0.25, -0.2) is 0 Å². The van der Waals surface area contributed by atoms with Crippen LogP contribution in [0.2, 0.25) is 0 Å². The summed E-state index contributed by atoms with van der Waals surface area (Å²) in [6.07, 6.45) is 9.29. The van der Waals surface area contributed by atoms with Gasteiger partial charge >= 0.3 is 0 Å². The van der Waals surface area contributed by atoms with Crippen molar-refractivity contribution in [3.05, 3.63) is 11.8 Å². The number of aromatic nitrogens is 2. The Morgan fingerprint density at radius 2 is 1.90 bits per heavy atom. The molecule has 0 unspecified atom stereocenters. The van der Waals surface area contributed by atoms with Crippen LogP contribution in [-0.2, 0) is 11.2 Å². The molecule has 4 aliphatic carbocycles. The molecule has 4 saturated carbocycles. The smallest absolute Gasteiger partial charge is 0.229 e. The molecule has 0 spiro atoms. The Hall–Kier alpha value is -1.32. The molecule has 1 heterocycles. The highest BCUT2D eigenvalue weighted by atomic mass is 16.2. The van der Waals surface area contributed by atoms with Crippen LogP contribution in [0.4, 0.5) is 5.82 Å². The van der Waals surface area contributed by atoms with Gasteiger partial charge in [0.15, 0.2) is 0 Å². The topological polar surface area (TPSA) is 57.8 Å². The highest BCUT2D eigenvalue weighted by molar-refractivity contribution is 5.92. The highest BCUT2D eigenvalue weighted by Crippen LogP contribution is 2.56. The van der Waals surface area contributed by atoms with E-state index in [-0.39, 0.29) is 11.8 Å². The van der Waals surface area contributed by atoms with Gasteiger partial charge in [-0.05, 0) is 62.2 Å². The largest absolute Gasteiger partial charge is 0.311 e. The summed E-state index contributed by atoms with van der Waals surface area (Å²) in [5, 5.41) is 10.1. The summed E-state index contributed by atoms with van der Waals surface area (Å²) >= 11 is 0. The van der Waals surface area contributed by atoms with Crippen LogP contribution in [-0.4, -0.2) is 16.1 Å². The van der Waals surface area contributed by atoms with Crippen LogP contribution >= 0.6 is 0 Å². The van der Waals surface area contributed by atoms with E-state index in [4.69, 9.17) is 0 Å². The predicted molar refractivity (Wildman–Crippen MR) is 77.1 cm³/mol. The molecule has 5 rings (SSSR count). The second-order valence-electron chi connectivity index (χ2n) is 7.07. The van der Waals surface area contributed by atoms with Gasteiger partial charge in [-0.2, -0.15) is 5.10 Å². The van der Waals surface area contributed by atoms with E-state index in [1.807, 2.05) is 6.20 Å². The number of carbonyl (C=O) groups is 1. The zero-order valence-corrected chi connectivity index (χ0v) is 12.1. The molecule has 20 heavy (non-hydrogen) atoms. The fourth-order valence-corrected chi connectivity index (χ4v) is 5.25. The molecule has 0 atom stereocenters. The summed E-state index contributed by atoms with van der Waals surface area (Å²) in [7, 11) is 0. The Kier molecular flexibility index (Phi) is 2.86. The zero-order valence-electron chi connectivity index (χ0n) is 12.1. The summed E-state index contributed by atoms with van der Waals surface area (Å²) in [4.78, 5) is 12.7. The first kappa shape index (κ1) is 12.4. The van der Waals surface area contributed by atoms with E-state index in [0.717, 1.165) is 29.6 Å². The SMILES string of the molecule is CCc1cn[nH]c1NC(=O)C1C2CC3CC(C2)CC1C3. The Labute approximate surface area is 119 Å². The van der Waals surface area contributed by atoms with Crippen LogP contribution < -0.4 is 5.32 Å². The summed E-state index contributed by atoms with van der Waals surface area (Å²) in [5.41, 5.74) is 1.10. The number of rotatable bonds is 3. The molecule has 0 saturated heterocycles. The number of anilines is 1. The number of carbonyl (C=O) groups excluding carboxylic acids is 1. The Balaban J connectivity index is 1.51. The Morgan fingerprint density at radius 1 is 1.25 bits per heavy atom. The Morgan fingerprint density at radius 3 is 2.50 bits per heavy atom. The average Bonchev–Trinajstić information content (AvgIpc) is 2.84. The van der Waals surface area contributed by atoms with Crippen LogP contribution in [0, 0.1) is 29.6 Å². The van der Waals surface area contributed by atoms with Gasteiger partial charge in [-0.1, -0.05) is 6.92 Å². The molecule has 0 aromatic carbocycles. The first-order valence-electron chi connectivity index (χ1n) is 8.07. The molecule has 1 amide bonds. The number of H-pyrrole nitrogens is 1. The molecule has 2 N–H and O–H groups in total. The van der Waals surface area contributed by atoms with Crippen molar-refractivity contribution in [3.8, 4) is 0 Å². The second kappa shape index (κ2) is 4.61. The minimum Gasteiger partial charge on any atom is -0.311 e. The number of nitrogens with one attached hydrogen (secondary N) is 2.